The maximum Gasteiger partial charge on any atom is 0.224 e. The number of aliphatic imine (C=N–C) groups is 1. The van der Waals surface area contributed by atoms with Crippen molar-refractivity contribution < 1.29 is 4.79 Å². The Labute approximate surface area is 190 Å². The number of carbonyl (C=O) groups is 1. The number of hydrogen-bond donors (Lipinski definition) is 2. The first-order chi connectivity index (χ1) is 12.9. The highest BCUT2D eigenvalue weighted by atomic mass is 127. The Kier molecular flexibility index (Phi) is 11.0. The molecular formula is C20H34IN5OS. The molecule has 0 saturated carbocycles. The summed E-state index contributed by atoms with van der Waals surface area (Å²) < 4.78 is 0.145. The molecule has 1 aromatic carbocycles. The highest BCUT2D eigenvalue weighted by Gasteiger charge is 2.21. The molecule has 1 amide bonds. The van der Waals surface area contributed by atoms with Crippen molar-refractivity contribution >= 4 is 53.3 Å². The van der Waals surface area contributed by atoms with Crippen molar-refractivity contribution in [2.75, 3.05) is 57.5 Å². The number of guanidine groups is 1. The summed E-state index contributed by atoms with van der Waals surface area (Å²) in [5.74, 6) is 0.953. The van der Waals surface area contributed by atoms with Crippen molar-refractivity contribution in [1.29, 1.82) is 0 Å². The smallest absolute Gasteiger partial charge is 0.224 e. The van der Waals surface area contributed by atoms with Gasteiger partial charge in [0.2, 0.25) is 5.91 Å². The first kappa shape index (κ1) is 24.9. The van der Waals surface area contributed by atoms with Gasteiger partial charge in [-0.2, -0.15) is 11.8 Å². The van der Waals surface area contributed by atoms with E-state index in [1.54, 1.807) is 7.05 Å². The van der Waals surface area contributed by atoms with Crippen molar-refractivity contribution in [3.63, 3.8) is 0 Å². The molecule has 8 heteroatoms. The van der Waals surface area contributed by atoms with E-state index in [9.17, 15) is 4.79 Å². The third-order valence-electron chi connectivity index (χ3n) is 4.84. The van der Waals surface area contributed by atoms with Crippen molar-refractivity contribution in [3.05, 3.63) is 30.3 Å². The number of nitrogens with one attached hydrogen (secondary N) is 2. The van der Waals surface area contributed by atoms with Gasteiger partial charge >= 0.3 is 0 Å². The van der Waals surface area contributed by atoms with E-state index in [1.165, 1.54) is 5.69 Å². The van der Waals surface area contributed by atoms with Gasteiger partial charge in [0.15, 0.2) is 5.96 Å². The van der Waals surface area contributed by atoms with E-state index in [0.29, 0.717) is 13.0 Å². The van der Waals surface area contributed by atoms with Crippen LogP contribution in [-0.4, -0.2) is 74.1 Å². The summed E-state index contributed by atoms with van der Waals surface area (Å²) in [6, 6.07) is 10.4. The van der Waals surface area contributed by atoms with Crippen LogP contribution >= 0.6 is 35.7 Å². The molecule has 1 aromatic rings. The van der Waals surface area contributed by atoms with Gasteiger partial charge in [0, 0.05) is 63.2 Å². The summed E-state index contributed by atoms with van der Waals surface area (Å²) in [5.41, 5.74) is 1.23. The van der Waals surface area contributed by atoms with Crippen molar-refractivity contribution in [2.24, 2.45) is 4.99 Å². The van der Waals surface area contributed by atoms with E-state index >= 15 is 0 Å². The lowest BCUT2D eigenvalue weighted by molar-refractivity contribution is -0.131. The van der Waals surface area contributed by atoms with E-state index in [1.807, 2.05) is 22.7 Å². The molecule has 6 nitrogen and oxygen atoms in total. The molecule has 1 fully saturated rings. The molecular weight excluding hydrogens is 485 g/mol. The predicted octanol–water partition coefficient (Wildman–Crippen LogP) is 2.65. The van der Waals surface area contributed by atoms with Gasteiger partial charge in [-0.05, 0) is 32.2 Å². The van der Waals surface area contributed by atoms with Crippen molar-refractivity contribution in [3.8, 4) is 0 Å². The first-order valence-electron chi connectivity index (χ1n) is 9.52. The Morgan fingerprint density at radius 3 is 2.36 bits per heavy atom. The van der Waals surface area contributed by atoms with Gasteiger partial charge in [-0.25, -0.2) is 0 Å². The van der Waals surface area contributed by atoms with E-state index in [0.717, 1.165) is 38.7 Å². The normalized spacial score (nSPS) is 15.1. The van der Waals surface area contributed by atoms with Gasteiger partial charge in [0.05, 0.1) is 0 Å². The monoisotopic (exact) mass is 519 g/mol. The van der Waals surface area contributed by atoms with Crippen LogP contribution in [0.2, 0.25) is 0 Å². The number of amides is 1. The molecule has 0 radical (unpaired) electrons. The predicted molar refractivity (Wildman–Crippen MR) is 132 cm³/mol. The molecule has 0 bridgehead atoms. The number of hydrogen-bond acceptors (Lipinski definition) is 4. The Morgan fingerprint density at radius 1 is 1.14 bits per heavy atom. The molecule has 1 aliphatic rings. The van der Waals surface area contributed by atoms with E-state index in [4.69, 9.17) is 0 Å². The van der Waals surface area contributed by atoms with Gasteiger partial charge in [0.25, 0.3) is 0 Å². The van der Waals surface area contributed by atoms with Gasteiger partial charge < -0.3 is 20.4 Å². The zero-order chi connectivity index (χ0) is 19.7. The molecule has 1 heterocycles. The number of thioether (sulfide) groups is 1. The number of halogens is 1. The number of carbonyl (C=O) groups excluding carboxylic acids is 1. The molecule has 2 N–H and O–H groups in total. The quantitative estimate of drug-likeness (QED) is 0.330. The largest absolute Gasteiger partial charge is 0.368 e. The van der Waals surface area contributed by atoms with Crippen LogP contribution in [0.15, 0.2) is 35.3 Å². The number of para-hydroxylation sites is 1. The number of rotatable bonds is 7. The molecule has 0 aliphatic carbocycles. The fourth-order valence-electron chi connectivity index (χ4n) is 2.89. The van der Waals surface area contributed by atoms with Crippen LogP contribution in [0.25, 0.3) is 0 Å². The first-order valence-corrected chi connectivity index (χ1v) is 10.7. The standard InChI is InChI=1S/C20H33N5OS.HI/c1-20(2,27-4)16-23-19(21-3)22-11-10-18(26)25-14-12-24(13-15-25)17-8-6-5-7-9-17;/h5-9H,10-16H2,1-4H3,(H2,21,22,23);1H. The third kappa shape index (κ3) is 8.06. The summed E-state index contributed by atoms with van der Waals surface area (Å²) in [6.45, 7) is 9.13. The minimum Gasteiger partial charge on any atom is -0.368 e. The van der Waals surface area contributed by atoms with E-state index < -0.39 is 0 Å². The third-order valence-corrected chi connectivity index (χ3v) is 6.09. The lowest BCUT2D eigenvalue weighted by Crippen LogP contribution is -2.49. The fraction of sp³-hybridized carbons (Fsp3) is 0.600. The molecule has 0 spiro atoms. The zero-order valence-electron chi connectivity index (χ0n) is 17.4. The summed E-state index contributed by atoms with van der Waals surface area (Å²) in [6.07, 6.45) is 2.59. The van der Waals surface area contributed by atoms with Gasteiger partial charge in [-0.15, -0.1) is 24.0 Å². The number of benzene rings is 1. The highest BCUT2D eigenvalue weighted by Crippen LogP contribution is 2.19. The average molecular weight is 519 g/mol. The molecule has 1 saturated heterocycles. The molecule has 0 unspecified atom stereocenters. The maximum absolute atomic E-state index is 12.5. The second-order valence-corrected chi connectivity index (χ2v) is 8.78. The minimum absolute atomic E-state index is 0. The number of nitrogens with zero attached hydrogens (tertiary/aromatic N) is 3. The summed E-state index contributed by atoms with van der Waals surface area (Å²) in [4.78, 5) is 21.0. The minimum atomic E-state index is 0. The van der Waals surface area contributed by atoms with Gasteiger partial charge in [0.1, 0.15) is 0 Å². The Hall–Kier alpha value is -1.16. The van der Waals surface area contributed by atoms with Gasteiger partial charge in [-0.3, -0.25) is 9.79 Å². The molecule has 2 rings (SSSR count). The SMILES string of the molecule is CN=C(NCCC(=O)N1CCN(c2ccccc2)CC1)NCC(C)(C)SC.I. The van der Waals surface area contributed by atoms with Gasteiger partial charge in [-0.1, -0.05) is 18.2 Å². The summed E-state index contributed by atoms with van der Waals surface area (Å²) >= 11 is 1.82. The van der Waals surface area contributed by atoms with Crippen LogP contribution < -0.4 is 15.5 Å². The Bertz CT molecular complexity index is 618. The zero-order valence-corrected chi connectivity index (χ0v) is 20.5. The van der Waals surface area contributed by atoms with E-state index in [2.05, 4.69) is 64.9 Å². The van der Waals surface area contributed by atoms with Crippen LogP contribution in [0, 0.1) is 0 Å². The second-order valence-electron chi connectivity index (χ2n) is 7.27. The van der Waals surface area contributed by atoms with Crippen LogP contribution in [0.4, 0.5) is 5.69 Å². The van der Waals surface area contributed by atoms with Crippen molar-refractivity contribution in [2.45, 2.75) is 25.0 Å². The number of anilines is 1. The molecule has 0 aromatic heterocycles. The summed E-state index contributed by atoms with van der Waals surface area (Å²) in [7, 11) is 1.76. The maximum atomic E-state index is 12.5. The highest BCUT2D eigenvalue weighted by molar-refractivity contribution is 14.0. The topological polar surface area (TPSA) is 60.0 Å². The Balaban J connectivity index is 0.00000392. The van der Waals surface area contributed by atoms with E-state index in [-0.39, 0.29) is 34.6 Å². The number of piperazine rings is 1. The molecule has 1 aliphatic heterocycles. The van der Waals surface area contributed by atoms with Crippen LogP contribution in [0.1, 0.15) is 20.3 Å². The summed E-state index contributed by atoms with van der Waals surface area (Å²) in [5, 5.41) is 6.57. The second kappa shape index (κ2) is 12.4. The lowest BCUT2D eigenvalue weighted by atomic mass is 10.2. The van der Waals surface area contributed by atoms with Crippen LogP contribution in [-0.2, 0) is 4.79 Å². The lowest BCUT2D eigenvalue weighted by Gasteiger charge is -2.36. The molecule has 158 valence electrons. The molecule has 0 atom stereocenters. The molecule has 28 heavy (non-hydrogen) atoms. The van der Waals surface area contributed by atoms with Crippen molar-refractivity contribution in [1.82, 2.24) is 15.5 Å². The van der Waals surface area contributed by atoms with Crippen LogP contribution in [0.3, 0.4) is 0 Å². The fourth-order valence-corrected chi connectivity index (χ4v) is 3.10. The van der Waals surface area contributed by atoms with Crippen LogP contribution in [0.5, 0.6) is 0 Å². The Morgan fingerprint density at radius 2 is 1.79 bits per heavy atom. The average Bonchev–Trinajstić information content (AvgIpc) is 2.71.